The van der Waals surface area contributed by atoms with Crippen LogP contribution in [0.3, 0.4) is 0 Å². The maximum absolute atomic E-state index is 13.0. The van der Waals surface area contributed by atoms with Crippen molar-refractivity contribution in [1.82, 2.24) is 20.3 Å². The monoisotopic (exact) mass is 363 g/mol. The van der Waals surface area contributed by atoms with Crippen LogP contribution < -0.4 is 5.73 Å². The second kappa shape index (κ2) is 7.48. The number of nitrogens with zero attached hydrogens (tertiary/aromatic N) is 3. The Morgan fingerprint density at radius 3 is 2.67 bits per heavy atom. The lowest BCUT2D eigenvalue weighted by atomic mass is 9.80. The van der Waals surface area contributed by atoms with Crippen LogP contribution in [0.4, 0.5) is 0 Å². The summed E-state index contributed by atoms with van der Waals surface area (Å²) in [5, 5.41) is 10.9. The molecule has 2 heterocycles. The molecule has 0 saturated carbocycles. The van der Waals surface area contributed by atoms with Crippen molar-refractivity contribution in [3.8, 4) is 0 Å². The third-order valence-corrected chi connectivity index (χ3v) is 5.74. The van der Waals surface area contributed by atoms with Crippen molar-refractivity contribution in [2.24, 2.45) is 11.7 Å². The SMILES string of the molecule is Cc1cc(C(=O)N2CCC(C(CN)c3ccccc3)CC2)cc2n[nH]nc12. The molecule has 6 nitrogen and oxygen atoms in total. The number of amides is 1. The normalized spacial score (nSPS) is 16.6. The summed E-state index contributed by atoms with van der Waals surface area (Å²) in [6.07, 6.45) is 1.96. The molecule has 6 heteroatoms. The Hall–Kier alpha value is -2.73. The lowest BCUT2D eigenvalue weighted by Crippen LogP contribution is -2.40. The molecule has 0 aliphatic carbocycles. The highest BCUT2D eigenvalue weighted by Gasteiger charge is 2.29. The zero-order valence-electron chi connectivity index (χ0n) is 15.6. The summed E-state index contributed by atoms with van der Waals surface area (Å²) < 4.78 is 0. The number of aromatic amines is 1. The van der Waals surface area contributed by atoms with Gasteiger partial charge < -0.3 is 10.6 Å². The quantitative estimate of drug-likeness (QED) is 0.746. The molecule has 27 heavy (non-hydrogen) atoms. The third kappa shape index (κ3) is 3.45. The fourth-order valence-electron chi connectivity index (χ4n) is 4.23. The van der Waals surface area contributed by atoms with E-state index in [2.05, 4.69) is 39.7 Å². The Morgan fingerprint density at radius 2 is 1.96 bits per heavy atom. The molecule has 4 rings (SSSR count). The number of likely N-dealkylation sites (tertiary alicyclic amines) is 1. The first-order valence-corrected chi connectivity index (χ1v) is 9.52. The molecule has 0 radical (unpaired) electrons. The van der Waals surface area contributed by atoms with Gasteiger partial charge >= 0.3 is 0 Å². The molecular weight excluding hydrogens is 338 g/mol. The van der Waals surface area contributed by atoms with Crippen molar-refractivity contribution < 1.29 is 4.79 Å². The van der Waals surface area contributed by atoms with Gasteiger partial charge in [-0.1, -0.05) is 30.3 Å². The lowest BCUT2D eigenvalue weighted by Gasteiger charge is -2.36. The number of rotatable bonds is 4. The number of nitrogens with two attached hydrogens (primary N) is 1. The first-order chi connectivity index (χ1) is 13.2. The molecule has 1 saturated heterocycles. The maximum atomic E-state index is 13.0. The van der Waals surface area contributed by atoms with Crippen LogP contribution in [-0.4, -0.2) is 45.9 Å². The molecule has 0 bridgehead atoms. The standard InChI is InChI=1S/C21H25N5O/c1-14-11-17(12-19-20(14)24-25-23-19)21(27)26-9-7-16(8-10-26)18(13-22)15-5-3-2-4-6-15/h2-6,11-12,16,18H,7-10,13,22H2,1H3,(H,23,24,25). The minimum atomic E-state index is 0.0745. The largest absolute Gasteiger partial charge is 0.339 e. The fraction of sp³-hybridized carbons (Fsp3) is 0.381. The Bertz CT molecular complexity index is 928. The van der Waals surface area contributed by atoms with E-state index in [0.717, 1.165) is 42.5 Å². The van der Waals surface area contributed by atoms with Gasteiger partial charge in [-0.25, -0.2) is 0 Å². The summed E-state index contributed by atoms with van der Waals surface area (Å²) in [6, 6.07) is 14.2. The van der Waals surface area contributed by atoms with E-state index in [0.29, 0.717) is 23.9 Å². The van der Waals surface area contributed by atoms with E-state index in [1.54, 1.807) is 0 Å². The van der Waals surface area contributed by atoms with Crippen LogP contribution in [0.2, 0.25) is 0 Å². The van der Waals surface area contributed by atoms with Gasteiger partial charge in [-0.3, -0.25) is 4.79 Å². The third-order valence-electron chi connectivity index (χ3n) is 5.74. The highest BCUT2D eigenvalue weighted by molar-refractivity contribution is 5.98. The van der Waals surface area contributed by atoms with Gasteiger partial charge in [0, 0.05) is 18.7 Å². The summed E-state index contributed by atoms with van der Waals surface area (Å²) in [5.74, 6) is 0.948. The Balaban J connectivity index is 1.46. The van der Waals surface area contributed by atoms with Gasteiger partial charge in [0.1, 0.15) is 11.0 Å². The predicted molar refractivity (Wildman–Crippen MR) is 105 cm³/mol. The summed E-state index contributed by atoms with van der Waals surface area (Å²) >= 11 is 0. The Kier molecular flexibility index (Phi) is 4.90. The number of fused-ring (bicyclic) bond motifs is 1. The van der Waals surface area contributed by atoms with E-state index in [4.69, 9.17) is 5.73 Å². The van der Waals surface area contributed by atoms with E-state index >= 15 is 0 Å². The van der Waals surface area contributed by atoms with Crippen molar-refractivity contribution in [3.63, 3.8) is 0 Å². The molecule has 140 valence electrons. The van der Waals surface area contributed by atoms with Crippen LogP contribution in [0.15, 0.2) is 42.5 Å². The van der Waals surface area contributed by atoms with Crippen LogP contribution in [0.5, 0.6) is 0 Å². The van der Waals surface area contributed by atoms with Crippen molar-refractivity contribution in [1.29, 1.82) is 0 Å². The fourth-order valence-corrected chi connectivity index (χ4v) is 4.23. The van der Waals surface area contributed by atoms with Gasteiger partial charge in [-0.15, -0.1) is 0 Å². The van der Waals surface area contributed by atoms with Gasteiger partial charge in [0.25, 0.3) is 5.91 Å². The van der Waals surface area contributed by atoms with Crippen molar-refractivity contribution in [3.05, 3.63) is 59.2 Å². The highest BCUT2D eigenvalue weighted by atomic mass is 16.2. The van der Waals surface area contributed by atoms with Crippen molar-refractivity contribution in [2.75, 3.05) is 19.6 Å². The molecule has 3 aromatic rings. The van der Waals surface area contributed by atoms with E-state index in [1.807, 2.05) is 30.0 Å². The van der Waals surface area contributed by atoms with Gasteiger partial charge in [0.15, 0.2) is 0 Å². The van der Waals surface area contributed by atoms with Crippen molar-refractivity contribution in [2.45, 2.75) is 25.7 Å². The molecule has 1 aliphatic rings. The van der Waals surface area contributed by atoms with E-state index in [-0.39, 0.29) is 5.91 Å². The van der Waals surface area contributed by atoms with E-state index < -0.39 is 0 Å². The summed E-state index contributed by atoms with van der Waals surface area (Å²) in [6.45, 7) is 4.13. The molecule has 1 aliphatic heterocycles. The molecule has 3 N–H and O–H groups in total. The van der Waals surface area contributed by atoms with Crippen LogP contribution in [-0.2, 0) is 0 Å². The summed E-state index contributed by atoms with van der Waals surface area (Å²) in [4.78, 5) is 14.9. The van der Waals surface area contributed by atoms with E-state index in [9.17, 15) is 4.79 Å². The minimum absolute atomic E-state index is 0.0745. The second-order valence-corrected chi connectivity index (χ2v) is 7.37. The first-order valence-electron chi connectivity index (χ1n) is 9.52. The van der Waals surface area contributed by atoms with Crippen LogP contribution in [0.1, 0.15) is 40.2 Å². The van der Waals surface area contributed by atoms with Crippen LogP contribution >= 0.6 is 0 Å². The Morgan fingerprint density at radius 1 is 1.22 bits per heavy atom. The molecule has 0 spiro atoms. The molecular formula is C21H25N5O. The van der Waals surface area contributed by atoms with Gasteiger partial charge in [0.05, 0.1) is 0 Å². The smallest absolute Gasteiger partial charge is 0.253 e. The minimum Gasteiger partial charge on any atom is -0.339 e. The van der Waals surface area contributed by atoms with Gasteiger partial charge in [-0.2, -0.15) is 15.4 Å². The number of benzene rings is 2. The zero-order chi connectivity index (χ0) is 18.8. The predicted octanol–water partition coefficient (Wildman–Crippen LogP) is 2.86. The second-order valence-electron chi connectivity index (χ2n) is 7.37. The topological polar surface area (TPSA) is 87.9 Å². The van der Waals surface area contributed by atoms with Gasteiger partial charge in [-0.05, 0) is 61.4 Å². The average Bonchev–Trinajstić information content (AvgIpc) is 3.19. The maximum Gasteiger partial charge on any atom is 0.253 e. The average molecular weight is 363 g/mol. The number of hydrogen-bond donors (Lipinski definition) is 2. The summed E-state index contributed by atoms with van der Waals surface area (Å²) in [5.41, 5.74) is 10.6. The molecule has 1 atom stereocenters. The number of hydrogen-bond acceptors (Lipinski definition) is 4. The number of piperidine rings is 1. The number of aromatic nitrogens is 3. The van der Waals surface area contributed by atoms with Crippen LogP contribution in [0, 0.1) is 12.8 Å². The summed E-state index contributed by atoms with van der Waals surface area (Å²) in [7, 11) is 0. The van der Waals surface area contributed by atoms with Crippen LogP contribution in [0.25, 0.3) is 11.0 Å². The number of carbonyl (C=O) groups excluding carboxylic acids is 1. The highest BCUT2D eigenvalue weighted by Crippen LogP contribution is 2.32. The van der Waals surface area contributed by atoms with Crippen molar-refractivity contribution >= 4 is 16.9 Å². The number of carbonyl (C=O) groups is 1. The molecule has 1 aromatic heterocycles. The Labute approximate surface area is 158 Å². The molecule has 2 aromatic carbocycles. The lowest BCUT2D eigenvalue weighted by molar-refractivity contribution is 0.0679. The molecule has 1 unspecified atom stereocenters. The zero-order valence-corrected chi connectivity index (χ0v) is 15.6. The van der Waals surface area contributed by atoms with Gasteiger partial charge in [0.2, 0.25) is 0 Å². The number of nitrogens with one attached hydrogen (secondary N) is 1. The molecule has 1 fully saturated rings. The van der Waals surface area contributed by atoms with E-state index in [1.165, 1.54) is 5.56 Å². The molecule has 1 amide bonds. The number of H-pyrrole nitrogens is 1. The number of aryl methyl sites for hydroxylation is 1. The first kappa shape index (κ1) is 17.7.